The Labute approximate surface area is 119 Å². The molecule has 0 aliphatic carbocycles. The summed E-state index contributed by atoms with van der Waals surface area (Å²) in [6.07, 6.45) is 4.39. The highest BCUT2D eigenvalue weighted by Crippen LogP contribution is 2.04. The summed E-state index contributed by atoms with van der Waals surface area (Å²) >= 11 is 0. The van der Waals surface area contributed by atoms with Gasteiger partial charge in [0.15, 0.2) is 0 Å². The maximum atomic E-state index is 11.8. The lowest BCUT2D eigenvalue weighted by Crippen LogP contribution is -2.47. The number of nitrogens with one attached hydrogen (secondary N) is 4. The molecule has 10 heteroatoms. The van der Waals surface area contributed by atoms with Crippen molar-refractivity contribution in [3.05, 3.63) is 30.4 Å². The lowest BCUT2D eigenvalue weighted by Gasteiger charge is -2.16. The van der Waals surface area contributed by atoms with Crippen LogP contribution in [0, 0.1) is 0 Å². The number of aliphatic carboxylic acids is 1. The smallest absolute Gasteiger partial charge is 0.326 e. The normalized spacial score (nSPS) is 13.4. The summed E-state index contributed by atoms with van der Waals surface area (Å²) in [5.74, 6) is -0.655. The largest absolute Gasteiger partial charge is 0.480 e. The van der Waals surface area contributed by atoms with Crippen LogP contribution in [0.15, 0.2) is 18.9 Å². The van der Waals surface area contributed by atoms with Gasteiger partial charge in [0.1, 0.15) is 18.2 Å². The van der Waals surface area contributed by atoms with Crippen molar-refractivity contribution >= 4 is 12.0 Å². The molecule has 0 bridgehead atoms. The minimum Gasteiger partial charge on any atom is -0.480 e. The van der Waals surface area contributed by atoms with Crippen LogP contribution in [0.1, 0.15) is 24.5 Å². The molecule has 10 nitrogen and oxygen atoms in total. The van der Waals surface area contributed by atoms with Crippen LogP contribution in [0.4, 0.5) is 4.79 Å². The van der Waals surface area contributed by atoms with Gasteiger partial charge >= 0.3 is 12.0 Å². The zero-order chi connectivity index (χ0) is 15.2. The van der Waals surface area contributed by atoms with Gasteiger partial charge in [-0.1, -0.05) is 0 Å². The first kappa shape index (κ1) is 14.5. The fraction of sp³-hybridized carbons (Fsp3) is 0.364. The number of carboxylic acid groups (broad SMARTS) is 1. The number of imidazole rings is 1. The average Bonchev–Trinajstić information content (AvgIpc) is 3.10. The number of H-pyrrole nitrogens is 2. The van der Waals surface area contributed by atoms with Crippen molar-refractivity contribution in [2.75, 3.05) is 0 Å². The number of nitrogens with zero attached hydrogens (tertiary/aromatic N) is 3. The maximum absolute atomic E-state index is 11.8. The van der Waals surface area contributed by atoms with E-state index in [1.165, 1.54) is 18.9 Å². The number of aromatic nitrogens is 5. The summed E-state index contributed by atoms with van der Waals surface area (Å²) < 4.78 is 0. The molecule has 21 heavy (non-hydrogen) atoms. The lowest BCUT2D eigenvalue weighted by molar-refractivity contribution is -0.139. The molecule has 0 aliphatic rings. The van der Waals surface area contributed by atoms with Crippen molar-refractivity contribution in [1.29, 1.82) is 0 Å². The number of hydrogen-bond donors (Lipinski definition) is 5. The Morgan fingerprint density at radius 2 is 2.24 bits per heavy atom. The Kier molecular flexibility index (Phi) is 4.49. The first-order valence-corrected chi connectivity index (χ1v) is 6.18. The molecule has 5 N–H and O–H groups in total. The highest BCUT2D eigenvalue weighted by Gasteiger charge is 2.22. The number of amides is 2. The molecule has 0 fully saturated rings. The lowest BCUT2D eigenvalue weighted by atomic mass is 10.1. The van der Waals surface area contributed by atoms with Crippen molar-refractivity contribution in [2.45, 2.75) is 25.4 Å². The standard InChI is InChI=1S/C11H15N7O3/c1-6(9-14-5-15-18-9)16-11(21)17-8(10(19)20)2-7-3-12-4-13-7/h3-6,8H,2H2,1H3,(H,12,13)(H,19,20)(H,14,15,18)(H2,16,17,21)/t6?,8-/m1/s1. The second-order valence-corrected chi connectivity index (χ2v) is 4.38. The first-order chi connectivity index (χ1) is 10.1. The quantitative estimate of drug-likeness (QED) is 0.488. The monoisotopic (exact) mass is 293 g/mol. The minimum atomic E-state index is -1.13. The maximum Gasteiger partial charge on any atom is 0.326 e. The summed E-state index contributed by atoms with van der Waals surface area (Å²) in [6, 6.07) is -2.09. The zero-order valence-corrected chi connectivity index (χ0v) is 11.2. The fourth-order valence-corrected chi connectivity index (χ4v) is 1.70. The molecule has 0 aliphatic heterocycles. The fourth-order valence-electron chi connectivity index (χ4n) is 1.70. The van der Waals surface area contributed by atoms with Gasteiger partial charge in [0.25, 0.3) is 0 Å². The molecule has 2 rings (SSSR count). The van der Waals surface area contributed by atoms with Gasteiger partial charge in [-0.05, 0) is 6.92 Å². The van der Waals surface area contributed by atoms with E-state index >= 15 is 0 Å². The zero-order valence-electron chi connectivity index (χ0n) is 11.2. The Morgan fingerprint density at radius 1 is 1.43 bits per heavy atom. The number of carbonyl (C=O) groups is 2. The van der Waals surface area contributed by atoms with Gasteiger partial charge in [-0.2, -0.15) is 5.10 Å². The van der Waals surface area contributed by atoms with Gasteiger partial charge in [0.05, 0.1) is 12.4 Å². The first-order valence-electron chi connectivity index (χ1n) is 6.18. The topological polar surface area (TPSA) is 149 Å². The Morgan fingerprint density at radius 3 is 2.81 bits per heavy atom. The Bertz CT molecular complexity index is 581. The van der Waals surface area contributed by atoms with Crippen LogP contribution in [-0.4, -0.2) is 48.3 Å². The number of aromatic amines is 2. The van der Waals surface area contributed by atoms with Crippen LogP contribution in [0.5, 0.6) is 0 Å². The molecule has 2 aromatic rings. The molecular weight excluding hydrogens is 278 g/mol. The number of urea groups is 1. The second kappa shape index (κ2) is 6.50. The molecule has 2 amide bonds. The summed E-state index contributed by atoms with van der Waals surface area (Å²) in [4.78, 5) is 33.5. The molecule has 0 saturated carbocycles. The van der Waals surface area contributed by atoms with E-state index in [2.05, 4.69) is 35.8 Å². The van der Waals surface area contributed by atoms with Gasteiger partial charge in [-0.3, -0.25) is 5.10 Å². The predicted molar refractivity (Wildman–Crippen MR) is 70.2 cm³/mol. The Hall–Kier alpha value is -2.91. The van der Waals surface area contributed by atoms with Crippen LogP contribution in [0.25, 0.3) is 0 Å². The molecule has 0 aromatic carbocycles. The van der Waals surface area contributed by atoms with Crippen molar-refractivity contribution in [3.63, 3.8) is 0 Å². The van der Waals surface area contributed by atoms with Crippen LogP contribution in [0.2, 0.25) is 0 Å². The summed E-state index contributed by atoms with van der Waals surface area (Å²) in [5, 5.41) is 20.4. The highest BCUT2D eigenvalue weighted by molar-refractivity contribution is 5.82. The molecular formula is C11H15N7O3. The van der Waals surface area contributed by atoms with Gasteiger partial charge < -0.3 is 20.7 Å². The van der Waals surface area contributed by atoms with Crippen molar-refractivity contribution in [2.24, 2.45) is 0 Å². The van der Waals surface area contributed by atoms with Crippen molar-refractivity contribution in [3.8, 4) is 0 Å². The van der Waals surface area contributed by atoms with Crippen LogP contribution in [0.3, 0.4) is 0 Å². The average molecular weight is 293 g/mol. The minimum absolute atomic E-state index is 0.111. The highest BCUT2D eigenvalue weighted by atomic mass is 16.4. The molecule has 2 aromatic heterocycles. The van der Waals surface area contributed by atoms with E-state index in [4.69, 9.17) is 5.11 Å². The van der Waals surface area contributed by atoms with E-state index in [9.17, 15) is 9.59 Å². The predicted octanol–water partition coefficient (Wildman–Crippen LogP) is -0.416. The number of carboxylic acids is 1. The van der Waals surface area contributed by atoms with E-state index in [0.29, 0.717) is 11.5 Å². The van der Waals surface area contributed by atoms with E-state index in [1.807, 2.05) is 0 Å². The number of rotatable bonds is 6. The third-order valence-corrected chi connectivity index (χ3v) is 2.77. The second-order valence-electron chi connectivity index (χ2n) is 4.38. The number of carbonyl (C=O) groups excluding carboxylic acids is 1. The van der Waals surface area contributed by atoms with Crippen LogP contribution in [-0.2, 0) is 11.2 Å². The van der Waals surface area contributed by atoms with Crippen LogP contribution >= 0.6 is 0 Å². The number of hydrogen-bond acceptors (Lipinski definition) is 5. The SMILES string of the molecule is CC(NC(=O)N[C@H](Cc1cnc[nH]1)C(=O)O)c1ncn[nH]1. The summed E-state index contributed by atoms with van der Waals surface area (Å²) in [7, 11) is 0. The van der Waals surface area contributed by atoms with Crippen molar-refractivity contribution < 1.29 is 14.7 Å². The van der Waals surface area contributed by atoms with Gasteiger partial charge in [0.2, 0.25) is 0 Å². The third kappa shape index (κ3) is 4.03. The van der Waals surface area contributed by atoms with Crippen molar-refractivity contribution in [1.82, 2.24) is 35.8 Å². The van der Waals surface area contributed by atoms with E-state index in [0.717, 1.165) is 0 Å². The van der Waals surface area contributed by atoms with Gasteiger partial charge in [-0.15, -0.1) is 0 Å². The van der Waals surface area contributed by atoms with E-state index < -0.39 is 24.1 Å². The molecule has 0 radical (unpaired) electrons. The van der Waals surface area contributed by atoms with Crippen LogP contribution < -0.4 is 10.6 Å². The molecule has 2 heterocycles. The Balaban J connectivity index is 1.90. The molecule has 112 valence electrons. The van der Waals surface area contributed by atoms with Gasteiger partial charge in [-0.25, -0.2) is 19.6 Å². The summed E-state index contributed by atoms with van der Waals surface area (Å²) in [5.41, 5.74) is 0.617. The third-order valence-electron chi connectivity index (χ3n) is 2.77. The molecule has 1 unspecified atom stereocenters. The molecule has 0 spiro atoms. The van der Waals surface area contributed by atoms with E-state index in [-0.39, 0.29) is 6.42 Å². The molecule has 2 atom stereocenters. The molecule has 0 saturated heterocycles. The summed E-state index contributed by atoms with van der Waals surface area (Å²) in [6.45, 7) is 1.70. The van der Waals surface area contributed by atoms with Gasteiger partial charge in [0, 0.05) is 18.3 Å². The van der Waals surface area contributed by atoms with E-state index in [1.54, 1.807) is 6.92 Å².